The molecular formula is C20H13FN4O3. The van der Waals surface area contributed by atoms with Crippen LogP contribution < -0.4 is 5.32 Å². The Morgan fingerprint density at radius 3 is 2.54 bits per heavy atom. The number of hydrogen-bond acceptors (Lipinski definition) is 4. The molecule has 4 rings (SSSR count). The molecule has 0 aliphatic carbocycles. The molecule has 1 heterocycles. The van der Waals surface area contributed by atoms with Gasteiger partial charge in [-0.2, -0.15) is 9.78 Å². The summed E-state index contributed by atoms with van der Waals surface area (Å²) >= 11 is 0. The van der Waals surface area contributed by atoms with Crippen LogP contribution in [0.1, 0.15) is 0 Å². The lowest BCUT2D eigenvalue weighted by molar-refractivity contribution is -0.384. The summed E-state index contributed by atoms with van der Waals surface area (Å²) in [7, 11) is 0. The minimum atomic E-state index is -0.565. The predicted octanol–water partition coefficient (Wildman–Crippen LogP) is 4.83. The first kappa shape index (κ1) is 17.3. The lowest BCUT2D eigenvalue weighted by atomic mass is 10.1. The highest BCUT2D eigenvalue weighted by Crippen LogP contribution is 2.28. The highest BCUT2D eigenvalue weighted by atomic mass is 19.1. The van der Waals surface area contributed by atoms with E-state index in [0.717, 1.165) is 5.39 Å². The topological polar surface area (TPSA) is 90.1 Å². The molecule has 8 heteroatoms. The Balaban J connectivity index is 1.74. The molecule has 7 nitrogen and oxygen atoms in total. The third-order valence-electron chi connectivity index (χ3n) is 4.21. The maximum Gasteiger partial charge on any atom is 0.347 e. The average molecular weight is 376 g/mol. The number of nitrogens with zero attached hydrogens (tertiary/aromatic N) is 3. The fourth-order valence-corrected chi connectivity index (χ4v) is 2.92. The van der Waals surface area contributed by atoms with E-state index in [1.807, 2.05) is 12.1 Å². The minimum Gasteiger partial charge on any atom is -0.306 e. The van der Waals surface area contributed by atoms with Crippen molar-refractivity contribution in [1.82, 2.24) is 9.78 Å². The quantitative estimate of drug-likeness (QED) is 0.410. The summed E-state index contributed by atoms with van der Waals surface area (Å²) in [4.78, 5) is 23.1. The van der Waals surface area contributed by atoms with Crippen LogP contribution in [0.4, 0.5) is 20.6 Å². The van der Waals surface area contributed by atoms with Crippen molar-refractivity contribution in [1.29, 1.82) is 0 Å². The van der Waals surface area contributed by atoms with Gasteiger partial charge in [0.05, 0.1) is 10.4 Å². The van der Waals surface area contributed by atoms with Crippen LogP contribution in [0.15, 0.2) is 72.8 Å². The van der Waals surface area contributed by atoms with Gasteiger partial charge in [-0.1, -0.05) is 24.3 Å². The number of para-hydroxylation sites is 1. The van der Waals surface area contributed by atoms with Gasteiger partial charge in [-0.25, -0.2) is 9.18 Å². The third kappa shape index (κ3) is 3.18. The molecule has 1 N–H and O–H groups in total. The summed E-state index contributed by atoms with van der Waals surface area (Å²) in [5.74, 6) is -0.365. The summed E-state index contributed by atoms with van der Waals surface area (Å²) in [5, 5.41) is 18.6. The highest BCUT2D eigenvalue weighted by molar-refractivity contribution is 6.02. The van der Waals surface area contributed by atoms with Crippen LogP contribution >= 0.6 is 0 Å². The first-order chi connectivity index (χ1) is 13.5. The Labute approximate surface area is 158 Å². The van der Waals surface area contributed by atoms with Gasteiger partial charge in [0.25, 0.3) is 5.69 Å². The predicted molar refractivity (Wildman–Crippen MR) is 103 cm³/mol. The summed E-state index contributed by atoms with van der Waals surface area (Å²) < 4.78 is 14.4. The summed E-state index contributed by atoms with van der Waals surface area (Å²) in [5.41, 5.74) is 1.91. The van der Waals surface area contributed by atoms with Gasteiger partial charge in [0.1, 0.15) is 11.5 Å². The lowest BCUT2D eigenvalue weighted by Crippen LogP contribution is -2.20. The Hall–Kier alpha value is -4.07. The summed E-state index contributed by atoms with van der Waals surface area (Å²) in [6.07, 6.45) is 0. The van der Waals surface area contributed by atoms with Crippen LogP contribution in [-0.2, 0) is 0 Å². The van der Waals surface area contributed by atoms with Crippen molar-refractivity contribution in [3.05, 3.63) is 88.7 Å². The number of amides is 1. The standard InChI is InChI=1S/C20H13FN4O3/c21-14-10-8-13(9-11-14)19-17-6-1-2-7-18(17)24(23-19)20(26)22-15-4-3-5-16(12-15)25(27)28/h1-12H,(H,22,26). The van der Waals surface area contributed by atoms with Crippen molar-refractivity contribution in [2.24, 2.45) is 0 Å². The van der Waals surface area contributed by atoms with E-state index < -0.39 is 11.0 Å². The molecule has 0 unspecified atom stereocenters. The Morgan fingerprint density at radius 1 is 1.04 bits per heavy atom. The fraction of sp³-hybridized carbons (Fsp3) is 0. The van der Waals surface area contributed by atoms with E-state index in [1.165, 1.54) is 35.0 Å². The molecular weight excluding hydrogens is 363 g/mol. The number of benzene rings is 3. The molecule has 0 aliphatic rings. The van der Waals surface area contributed by atoms with Gasteiger partial charge in [0, 0.05) is 28.8 Å². The minimum absolute atomic E-state index is 0.130. The molecule has 0 bridgehead atoms. The van der Waals surface area contributed by atoms with E-state index in [0.29, 0.717) is 16.8 Å². The Kier molecular flexibility index (Phi) is 4.29. The monoisotopic (exact) mass is 376 g/mol. The van der Waals surface area contributed by atoms with Gasteiger partial charge in [-0.15, -0.1) is 0 Å². The molecule has 0 radical (unpaired) electrons. The van der Waals surface area contributed by atoms with Crippen LogP contribution in [0.2, 0.25) is 0 Å². The molecule has 0 fully saturated rings. The van der Waals surface area contributed by atoms with E-state index in [-0.39, 0.29) is 17.2 Å². The van der Waals surface area contributed by atoms with Crippen LogP contribution in [-0.4, -0.2) is 20.7 Å². The van der Waals surface area contributed by atoms with E-state index in [2.05, 4.69) is 10.4 Å². The molecule has 0 spiro atoms. The van der Waals surface area contributed by atoms with Crippen molar-refractivity contribution < 1.29 is 14.1 Å². The maximum absolute atomic E-state index is 13.2. The smallest absolute Gasteiger partial charge is 0.306 e. The van der Waals surface area contributed by atoms with Gasteiger partial charge in [-0.3, -0.25) is 10.1 Å². The molecule has 28 heavy (non-hydrogen) atoms. The fourth-order valence-electron chi connectivity index (χ4n) is 2.92. The van der Waals surface area contributed by atoms with Crippen molar-refractivity contribution >= 4 is 28.3 Å². The number of aromatic nitrogens is 2. The summed E-state index contributed by atoms with van der Waals surface area (Å²) in [6.45, 7) is 0. The summed E-state index contributed by atoms with van der Waals surface area (Å²) in [6, 6.07) is 18.1. The number of nitro groups is 1. The van der Waals surface area contributed by atoms with Gasteiger partial charge < -0.3 is 5.32 Å². The highest BCUT2D eigenvalue weighted by Gasteiger charge is 2.17. The van der Waals surface area contributed by atoms with E-state index in [9.17, 15) is 19.3 Å². The number of anilines is 1. The average Bonchev–Trinajstić information content (AvgIpc) is 3.09. The Morgan fingerprint density at radius 2 is 1.79 bits per heavy atom. The second-order valence-corrected chi connectivity index (χ2v) is 6.02. The molecule has 4 aromatic rings. The second-order valence-electron chi connectivity index (χ2n) is 6.02. The SMILES string of the molecule is O=C(Nc1cccc([N+](=O)[O-])c1)n1nc(-c2ccc(F)cc2)c2ccccc21. The third-order valence-corrected chi connectivity index (χ3v) is 4.21. The van der Waals surface area contributed by atoms with Crippen LogP contribution in [0.5, 0.6) is 0 Å². The zero-order valence-electron chi connectivity index (χ0n) is 14.4. The number of carbonyl (C=O) groups is 1. The van der Waals surface area contributed by atoms with Gasteiger partial charge >= 0.3 is 6.03 Å². The molecule has 1 aromatic heterocycles. The van der Waals surface area contributed by atoms with E-state index in [1.54, 1.807) is 30.3 Å². The molecule has 3 aromatic carbocycles. The maximum atomic E-state index is 13.2. The normalized spacial score (nSPS) is 10.8. The molecule has 0 saturated carbocycles. The number of non-ortho nitro benzene ring substituents is 1. The number of carbonyl (C=O) groups excluding carboxylic acids is 1. The number of hydrogen-bond donors (Lipinski definition) is 1. The zero-order valence-corrected chi connectivity index (χ0v) is 14.4. The number of nitrogens with one attached hydrogen (secondary N) is 1. The van der Waals surface area contributed by atoms with E-state index >= 15 is 0 Å². The molecule has 0 aliphatic heterocycles. The van der Waals surface area contributed by atoms with Crippen LogP contribution in [0.3, 0.4) is 0 Å². The number of fused-ring (bicyclic) bond motifs is 1. The number of rotatable bonds is 3. The van der Waals surface area contributed by atoms with Crippen LogP contribution in [0, 0.1) is 15.9 Å². The number of halogens is 1. The molecule has 138 valence electrons. The van der Waals surface area contributed by atoms with Crippen molar-refractivity contribution in [3.63, 3.8) is 0 Å². The van der Waals surface area contributed by atoms with Gasteiger partial charge in [-0.05, 0) is 36.4 Å². The molecule has 0 saturated heterocycles. The number of nitro benzene ring substituents is 1. The van der Waals surface area contributed by atoms with Gasteiger partial charge in [0.15, 0.2) is 0 Å². The zero-order chi connectivity index (χ0) is 19.7. The molecule has 0 atom stereocenters. The van der Waals surface area contributed by atoms with Crippen LogP contribution in [0.25, 0.3) is 22.2 Å². The van der Waals surface area contributed by atoms with E-state index in [4.69, 9.17) is 0 Å². The lowest BCUT2D eigenvalue weighted by Gasteiger charge is -2.05. The first-order valence-corrected chi connectivity index (χ1v) is 8.32. The Bertz CT molecular complexity index is 1200. The van der Waals surface area contributed by atoms with Gasteiger partial charge in [0.2, 0.25) is 0 Å². The second kappa shape index (κ2) is 6.92. The van der Waals surface area contributed by atoms with Crippen molar-refractivity contribution in [2.75, 3.05) is 5.32 Å². The van der Waals surface area contributed by atoms with Crippen molar-refractivity contribution in [3.8, 4) is 11.3 Å². The first-order valence-electron chi connectivity index (χ1n) is 8.32. The molecule has 1 amide bonds. The largest absolute Gasteiger partial charge is 0.347 e. The van der Waals surface area contributed by atoms with Crippen molar-refractivity contribution in [2.45, 2.75) is 0 Å².